The van der Waals surface area contributed by atoms with Gasteiger partial charge in [0, 0.05) is 19.6 Å². The summed E-state index contributed by atoms with van der Waals surface area (Å²) in [6.07, 6.45) is 20.2. The zero-order valence-electron chi connectivity index (χ0n) is 16.2. The molecule has 0 aliphatic carbocycles. The van der Waals surface area contributed by atoms with Crippen LogP contribution in [0.2, 0.25) is 0 Å². The molecule has 4 heteroatoms. The van der Waals surface area contributed by atoms with Crippen LogP contribution in [0.15, 0.2) is 0 Å². The van der Waals surface area contributed by atoms with Crippen LogP contribution in [-0.4, -0.2) is 30.6 Å². The summed E-state index contributed by atoms with van der Waals surface area (Å²) in [6.45, 7) is 1.73. The summed E-state index contributed by atoms with van der Waals surface area (Å²) in [6, 6.07) is 0. The lowest BCUT2D eigenvalue weighted by Gasteiger charge is -2.22. The Kier molecular flexibility index (Phi) is 15.1. The number of rotatable bonds is 17. The Morgan fingerprint density at radius 1 is 0.800 bits per heavy atom. The fourth-order valence-electron chi connectivity index (χ4n) is 3.38. The molecule has 0 aromatic rings. The van der Waals surface area contributed by atoms with E-state index in [9.17, 15) is 4.79 Å². The van der Waals surface area contributed by atoms with E-state index in [0.717, 1.165) is 32.5 Å². The molecule has 1 N–H and O–H groups in total. The van der Waals surface area contributed by atoms with E-state index in [-0.39, 0.29) is 6.29 Å². The monoisotopic (exact) mass is 356 g/mol. The van der Waals surface area contributed by atoms with Crippen molar-refractivity contribution in [3.63, 3.8) is 0 Å². The van der Waals surface area contributed by atoms with Crippen LogP contribution in [0.4, 0.5) is 0 Å². The molecule has 1 aliphatic heterocycles. The smallest absolute Gasteiger partial charge is 0.303 e. The maximum Gasteiger partial charge on any atom is 0.303 e. The molecule has 0 bridgehead atoms. The van der Waals surface area contributed by atoms with Crippen molar-refractivity contribution in [3.05, 3.63) is 0 Å². The van der Waals surface area contributed by atoms with E-state index in [1.165, 1.54) is 83.5 Å². The van der Waals surface area contributed by atoms with E-state index in [1.54, 1.807) is 0 Å². The zero-order valence-corrected chi connectivity index (χ0v) is 16.2. The second-order valence-electron chi connectivity index (χ2n) is 7.41. The Balaban J connectivity index is 1.67. The van der Waals surface area contributed by atoms with Crippen LogP contribution < -0.4 is 0 Å². The molecule has 1 aliphatic rings. The van der Waals surface area contributed by atoms with Crippen LogP contribution in [0.25, 0.3) is 0 Å². The van der Waals surface area contributed by atoms with Crippen LogP contribution in [0.3, 0.4) is 0 Å². The first-order chi connectivity index (χ1) is 12.3. The van der Waals surface area contributed by atoms with Gasteiger partial charge in [-0.3, -0.25) is 4.79 Å². The number of hydrogen-bond acceptors (Lipinski definition) is 3. The first-order valence-corrected chi connectivity index (χ1v) is 10.7. The fourth-order valence-corrected chi connectivity index (χ4v) is 3.38. The van der Waals surface area contributed by atoms with E-state index < -0.39 is 5.97 Å². The minimum atomic E-state index is -0.661. The lowest BCUT2D eigenvalue weighted by atomic mass is 10.0. The second kappa shape index (κ2) is 16.8. The topological polar surface area (TPSA) is 55.8 Å². The number of ether oxygens (including phenoxy) is 2. The van der Waals surface area contributed by atoms with Gasteiger partial charge in [0.25, 0.3) is 0 Å². The van der Waals surface area contributed by atoms with Gasteiger partial charge in [-0.2, -0.15) is 0 Å². The third-order valence-electron chi connectivity index (χ3n) is 4.98. The summed E-state index contributed by atoms with van der Waals surface area (Å²) < 4.78 is 11.3. The zero-order chi connectivity index (χ0) is 18.0. The predicted molar refractivity (Wildman–Crippen MR) is 102 cm³/mol. The van der Waals surface area contributed by atoms with E-state index in [2.05, 4.69) is 0 Å². The van der Waals surface area contributed by atoms with Crippen molar-refractivity contribution < 1.29 is 19.4 Å². The van der Waals surface area contributed by atoms with Crippen LogP contribution in [0.5, 0.6) is 0 Å². The molecule has 0 amide bonds. The molecule has 0 aromatic carbocycles. The van der Waals surface area contributed by atoms with Crippen LogP contribution >= 0.6 is 0 Å². The Morgan fingerprint density at radius 2 is 1.32 bits per heavy atom. The number of aliphatic carboxylic acids is 1. The van der Waals surface area contributed by atoms with E-state index >= 15 is 0 Å². The summed E-state index contributed by atoms with van der Waals surface area (Å²) in [5.41, 5.74) is 0. The molecule has 0 spiro atoms. The largest absolute Gasteiger partial charge is 0.481 e. The molecule has 1 fully saturated rings. The summed E-state index contributed by atoms with van der Waals surface area (Å²) in [7, 11) is 0. The Labute approximate surface area is 154 Å². The first kappa shape index (κ1) is 22.4. The van der Waals surface area contributed by atoms with Gasteiger partial charge in [0.2, 0.25) is 0 Å². The van der Waals surface area contributed by atoms with Gasteiger partial charge in [-0.05, 0) is 32.1 Å². The Hall–Kier alpha value is -0.610. The molecule has 1 atom stereocenters. The van der Waals surface area contributed by atoms with Crippen molar-refractivity contribution in [2.45, 2.75) is 115 Å². The highest BCUT2D eigenvalue weighted by atomic mass is 16.7. The van der Waals surface area contributed by atoms with Crippen LogP contribution in [0.1, 0.15) is 109 Å². The second-order valence-corrected chi connectivity index (χ2v) is 7.41. The molecular formula is C21H40O4. The maximum atomic E-state index is 10.4. The molecule has 25 heavy (non-hydrogen) atoms. The van der Waals surface area contributed by atoms with Gasteiger partial charge < -0.3 is 14.6 Å². The van der Waals surface area contributed by atoms with Gasteiger partial charge >= 0.3 is 5.97 Å². The number of carbonyl (C=O) groups is 1. The van der Waals surface area contributed by atoms with Gasteiger partial charge in [0.05, 0.1) is 0 Å². The third kappa shape index (κ3) is 15.4. The summed E-state index contributed by atoms with van der Waals surface area (Å²) >= 11 is 0. The van der Waals surface area contributed by atoms with Crippen molar-refractivity contribution in [3.8, 4) is 0 Å². The molecule has 0 aromatic heterocycles. The van der Waals surface area contributed by atoms with Gasteiger partial charge in [-0.25, -0.2) is 0 Å². The van der Waals surface area contributed by atoms with E-state index in [1.807, 2.05) is 0 Å². The SMILES string of the molecule is O=C(O)CCCCCCCCCCCCCCCOC1CCCCO1. The number of hydrogen-bond donors (Lipinski definition) is 1. The highest BCUT2D eigenvalue weighted by molar-refractivity contribution is 5.66. The molecule has 4 nitrogen and oxygen atoms in total. The average Bonchev–Trinajstić information content (AvgIpc) is 2.62. The molecular weight excluding hydrogens is 316 g/mol. The van der Waals surface area contributed by atoms with Gasteiger partial charge in [-0.1, -0.05) is 70.6 Å². The Bertz CT molecular complexity index is 300. The molecule has 1 rings (SSSR count). The van der Waals surface area contributed by atoms with Crippen molar-refractivity contribution in [1.82, 2.24) is 0 Å². The highest BCUT2D eigenvalue weighted by Crippen LogP contribution is 2.15. The standard InChI is InChI=1S/C21H40O4/c22-20(23)16-12-10-8-6-4-2-1-3-5-7-9-11-14-18-24-21-17-13-15-19-25-21/h21H,1-19H2,(H,22,23). The van der Waals surface area contributed by atoms with Crippen molar-refractivity contribution >= 4 is 5.97 Å². The molecule has 1 saturated heterocycles. The lowest BCUT2D eigenvalue weighted by molar-refractivity contribution is -0.162. The summed E-state index contributed by atoms with van der Waals surface area (Å²) in [5, 5.41) is 8.56. The molecule has 148 valence electrons. The van der Waals surface area contributed by atoms with Crippen LogP contribution in [0, 0.1) is 0 Å². The van der Waals surface area contributed by atoms with Crippen molar-refractivity contribution in [1.29, 1.82) is 0 Å². The summed E-state index contributed by atoms with van der Waals surface area (Å²) in [4.78, 5) is 10.4. The van der Waals surface area contributed by atoms with E-state index in [4.69, 9.17) is 14.6 Å². The molecule has 1 heterocycles. The fraction of sp³-hybridized carbons (Fsp3) is 0.952. The first-order valence-electron chi connectivity index (χ1n) is 10.7. The van der Waals surface area contributed by atoms with Crippen LogP contribution in [-0.2, 0) is 14.3 Å². The number of unbranched alkanes of at least 4 members (excludes halogenated alkanes) is 12. The van der Waals surface area contributed by atoms with Gasteiger partial charge in [0.1, 0.15) is 0 Å². The van der Waals surface area contributed by atoms with E-state index in [0.29, 0.717) is 6.42 Å². The highest BCUT2D eigenvalue weighted by Gasteiger charge is 2.13. The molecule has 0 saturated carbocycles. The minimum Gasteiger partial charge on any atom is -0.481 e. The number of carboxylic acids is 1. The third-order valence-corrected chi connectivity index (χ3v) is 4.98. The van der Waals surface area contributed by atoms with Gasteiger partial charge in [0.15, 0.2) is 6.29 Å². The lowest BCUT2D eigenvalue weighted by Crippen LogP contribution is -2.22. The number of carboxylic acid groups (broad SMARTS) is 1. The quantitative estimate of drug-likeness (QED) is 0.321. The maximum absolute atomic E-state index is 10.4. The normalized spacial score (nSPS) is 17.7. The summed E-state index contributed by atoms with van der Waals surface area (Å²) in [5.74, 6) is -0.661. The van der Waals surface area contributed by atoms with Crippen molar-refractivity contribution in [2.24, 2.45) is 0 Å². The van der Waals surface area contributed by atoms with Crippen molar-refractivity contribution in [2.75, 3.05) is 13.2 Å². The predicted octanol–water partition coefficient (Wildman–Crippen LogP) is 6.08. The molecule has 0 radical (unpaired) electrons. The average molecular weight is 357 g/mol. The molecule has 1 unspecified atom stereocenters. The Morgan fingerprint density at radius 3 is 1.80 bits per heavy atom. The minimum absolute atomic E-state index is 0.0749. The van der Waals surface area contributed by atoms with Gasteiger partial charge in [-0.15, -0.1) is 0 Å².